The largest absolute Gasteiger partial charge is 0.351 e. The second-order valence-corrected chi connectivity index (χ2v) is 4.43. The van der Waals surface area contributed by atoms with Gasteiger partial charge in [-0.15, -0.1) is 0 Å². The fourth-order valence-corrected chi connectivity index (χ4v) is 2.29. The summed E-state index contributed by atoms with van der Waals surface area (Å²) in [6, 6.07) is 10.1. The highest BCUT2D eigenvalue weighted by molar-refractivity contribution is 7.82. The van der Waals surface area contributed by atoms with Gasteiger partial charge in [-0.25, -0.2) is 0 Å². The minimum absolute atomic E-state index is 0.178. The van der Waals surface area contributed by atoms with Gasteiger partial charge in [0.1, 0.15) is 16.4 Å². The lowest BCUT2D eigenvalue weighted by molar-refractivity contribution is 0.383. The third-order valence-corrected chi connectivity index (χ3v) is 3.40. The number of rotatable bonds is 3. The van der Waals surface area contributed by atoms with Crippen LogP contribution in [0.2, 0.25) is 0 Å². The molecular weight excluding hydrogens is 216 g/mol. The second kappa shape index (κ2) is 4.34. The van der Waals surface area contributed by atoms with Crippen LogP contribution in [0.5, 0.6) is 0 Å². The van der Waals surface area contributed by atoms with Gasteiger partial charge in [0, 0.05) is 5.56 Å². The minimum atomic E-state index is -0.178. The lowest BCUT2D eigenvalue weighted by Gasteiger charge is -2.23. The summed E-state index contributed by atoms with van der Waals surface area (Å²) in [7, 11) is 0. The van der Waals surface area contributed by atoms with Crippen LogP contribution in [0.3, 0.4) is 0 Å². The van der Waals surface area contributed by atoms with Crippen molar-refractivity contribution >= 4 is 22.9 Å². The first-order chi connectivity index (χ1) is 7.71. The lowest BCUT2D eigenvalue weighted by atomic mass is 10.1. The first-order valence-corrected chi connectivity index (χ1v) is 6.09. The number of aliphatic imine (C=N–C) groups is 1. The first kappa shape index (κ1) is 11.3. The van der Waals surface area contributed by atoms with E-state index in [0.29, 0.717) is 0 Å². The summed E-state index contributed by atoms with van der Waals surface area (Å²) in [5.74, 6) is 0. The highest BCUT2D eigenvalue weighted by Crippen LogP contribution is 2.24. The van der Waals surface area contributed by atoms with Gasteiger partial charge < -0.3 is 5.32 Å². The topological polar surface area (TPSA) is 24.4 Å². The number of nitrogens with zero attached hydrogens (tertiary/aromatic N) is 1. The monoisotopic (exact) mass is 232 g/mol. The van der Waals surface area contributed by atoms with Crippen LogP contribution in [0.1, 0.15) is 32.3 Å². The molecule has 0 spiro atoms. The third kappa shape index (κ3) is 1.87. The van der Waals surface area contributed by atoms with Crippen molar-refractivity contribution in [2.24, 2.45) is 4.99 Å². The molecule has 1 N–H and O–H groups in total. The molecule has 0 bridgehead atoms. The summed E-state index contributed by atoms with van der Waals surface area (Å²) in [4.78, 5) is 5.55. The molecule has 1 aliphatic heterocycles. The van der Waals surface area contributed by atoms with Crippen LogP contribution in [-0.4, -0.2) is 16.4 Å². The van der Waals surface area contributed by atoms with E-state index in [1.807, 2.05) is 30.3 Å². The van der Waals surface area contributed by atoms with E-state index in [1.165, 1.54) is 0 Å². The fraction of sp³-hybridized carbons (Fsp3) is 0.385. The van der Waals surface area contributed by atoms with E-state index in [1.54, 1.807) is 0 Å². The molecule has 0 aromatic heterocycles. The van der Waals surface area contributed by atoms with E-state index in [9.17, 15) is 0 Å². The van der Waals surface area contributed by atoms with Crippen LogP contribution in [-0.2, 0) is 0 Å². The number of thiocarbonyl (C=S) groups is 1. The summed E-state index contributed by atoms with van der Waals surface area (Å²) in [6.07, 6.45) is 1.92. The quantitative estimate of drug-likeness (QED) is 0.810. The van der Waals surface area contributed by atoms with Crippen molar-refractivity contribution in [2.75, 3.05) is 0 Å². The second-order valence-electron chi connectivity index (χ2n) is 4.02. The summed E-state index contributed by atoms with van der Waals surface area (Å²) in [5, 5.41) is 3.34. The molecule has 1 aliphatic rings. The highest BCUT2D eigenvalue weighted by atomic mass is 32.1. The molecule has 0 fully saturated rings. The predicted molar refractivity (Wildman–Crippen MR) is 72.0 cm³/mol. The normalized spacial score (nSPS) is 18.1. The molecule has 0 saturated heterocycles. The average molecular weight is 232 g/mol. The van der Waals surface area contributed by atoms with E-state index in [-0.39, 0.29) is 5.66 Å². The molecule has 2 rings (SSSR count). The summed E-state index contributed by atoms with van der Waals surface area (Å²) >= 11 is 5.36. The van der Waals surface area contributed by atoms with Crippen LogP contribution in [0, 0.1) is 0 Å². The van der Waals surface area contributed by atoms with Crippen LogP contribution in [0.25, 0.3) is 0 Å². The fourth-order valence-electron chi connectivity index (χ4n) is 1.94. The molecule has 1 aromatic rings. The Morgan fingerprint density at radius 1 is 1.19 bits per heavy atom. The standard InChI is InChI=1S/C13H16N2S/c1-3-13(4-2)14-11(12(16)15-13)10-8-6-5-7-9-10/h5-9H,3-4H2,1-2H3,(H,15,16). The molecule has 3 heteroatoms. The summed E-state index contributed by atoms with van der Waals surface area (Å²) < 4.78 is 0. The van der Waals surface area contributed by atoms with Crippen molar-refractivity contribution in [3.8, 4) is 0 Å². The van der Waals surface area contributed by atoms with Crippen molar-refractivity contribution in [3.63, 3.8) is 0 Å². The zero-order valence-electron chi connectivity index (χ0n) is 9.66. The maximum Gasteiger partial charge on any atom is 0.130 e. The van der Waals surface area contributed by atoms with Gasteiger partial charge in [-0.05, 0) is 12.8 Å². The molecule has 1 heterocycles. The molecule has 1 aromatic carbocycles. The summed E-state index contributed by atoms with van der Waals surface area (Å²) in [6.45, 7) is 4.27. The van der Waals surface area contributed by atoms with Gasteiger partial charge in [-0.1, -0.05) is 56.4 Å². The molecular formula is C13H16N2S. The molecule has 0 unspecified atom stereocenters. The highest BCUT2D eigenvalue weighted by Gasteiger charge is 2.34. The zero-order valence-corrected chi connectivity index (χ0v) is 10.5. The third-order valence-electron chi connectivity index (χ3n) is 3.10. The van der Waals surface area contributed by atoms with Crippen LogP contribution in [0.15, 0.2) is 35.3 Å². The van der Waals surface area contributed by atoms with E-state index >= 15 is 0 Å². The number of benzene rings is 1. The molecule has 84 valence electrons. The molecule has 0 saturated carbocycles. The smallest absolute Gasteiger partial charge is 0.130 e. The van der Waals surface area contributed by atoms with Crippen molar-refractivity contribution in [1.29, 1.82) is 0 Å². The lowest BCUT2D eigenvalue weighted by Crippen LogP contribution is -2.40. The van der Waals surface area contributed by atoms with Crippen molar-refractivity contribution in [3.05, 3.63) is 35.9 Å². The van der Waals surface area contributed by atoms with Gasteiger partial charge in [-0.2, -0.15) is 0 Å². The SMILES string of the molecule is CCC1(CC)N=C(c2ccccc2)C(=S)N1. The maximum absolute atomic E-state index is 5.36. The van der Waals surface area contributed by atoms with Gasteiger partial charge in [0.05, 0.1) is 0 Å². The van der Waals surface area contributed by atoms with Crippen LogP contribution in [0.4, 0.5) is 0 Å². The van der Waals surface area contributed by atoms with Gasteiger partial charge in [-0.3, -0.25) is 4.99 Å². The molecule has 0 amide bonds. The zero-order chi connectivity index (χ0) is 11.6. The molecule has 0 aliphatic carbocycles. The minimum Gasteiger partial charge on any atom is -0.351 e. The Labute approximate surface area is 102 Å². The maximum atomic E-state index is 5.36. The van der Waals surface area contributed by atoms with Gasteiger partial charge in [0.25, 0.3) is 0 Å². The molecule has 16 heavy (non-hydrogen) atoms. The Balaban J connectivity index is 2.39. The number of hydrogen-bond donors (Lipinski definition) is 1. The molecule has 2 nitrogen and oxygen atoms in total. The Morgan fingerprint density at radius 2 is 1.81 bits per heavy atom. The van der Waals surface area contributed by atoms with Gasteiger partial charge in [0.15, 0.2) is 0 Å². The van der Waals surface area contributed by atoms with E-state index in [0.717, 1.165) is 29.1 Å². The van der Waals surface area contributed by atoms with E-state index < -0.39 is 0 Å². The molecule has 0 atom stereocenters. The number of hydrogen-bond acceptors (Lipinski definition) is 2. The van der Waals surface area contributed by atoms with Crippen molar-refractivity contribution < 1.29 is 0 Å². The average Bonchev–Trinajstić information content (AvgIpc) is 2.69. The first-order valence-electron chi connectivity index (χ1n) is 5.68. The van der Waals surface area contributed by atoms with Crippen LogP contribution < -0.4 is 5.32 Å². The van der Waals surface area contributed by atoms with Gasteiger partial charge >= 0.3 is 0 Å². The van der Waals surface area contributed by atoms with Crippen molar-refractivity contribution in [1.82, 2.24) is 5.32 Å². The summed E-state index contributed by atoms with van der Waals surface area (Å²) in [5.41, 5.74) is 1.85. The van der Waals surface area contributed by atoms with E-state index in [4.69, 9.17) is 17.2 Å². The molecule has 0 radical (unpaired) electrons. The Morgan fingerprint density at radius 3 is 2.31 bits per heavy atom. The van der Waals surface area contributed by atoms with E-state index in [2.05, 4.69) is 19.2 Å². The number of nitrogens with one attached hydrogen (secondary N) is 1. The Kier molecular flexibility index (Phi) is 3.06. The van der Waals surface area contributed by atoms with Gasteiger partial charge in [0.2, 0.25) is 0 Å². The Hall–Kier alpha value is -1.22. The van der Waals surface area contributed by atoms with Crippen LogP contribution >= 0.6 is 12.2 Å². The Bertz CT molecular complexity index is 419. The van der Waals surface area contributed by atoms with Crippen molar-refractivity contribution in [2.45, 2.75) is 32.4 Å². The predicted octanol–water partition coefficient (Wildman–Crippen LogP) is 2.92.